The predicted octanol–water partition coefficient (Wildman–Crippen LogP) is 3.14. The van der Waals surface area contributed by atoms with E-state index in [9.17, 15) is 19.1 Å². The first-order chi connectivity index (χ1) is 17.4. The lowest BCUT2D eigenvalue weighted by Gasteiger charge is -2.37. The van der Waals surface area contributed by atoms with E-state index in [1.165, 1.54) is 18.3 Å². The van der Waals surface area contributed by atoms with Gasteiger partial charge in [-0.3, -0.25) is 14.6 Å². The van der Waals surface area contributed by atoms with Crippen LogP contribution in [0.3, 0.4) is 0 Å². The van der Waals surface area contributed by atoms with Gasteiger partial charge in [-0.05, 0) is 47.6 Å². The maximum Gasteiger partial charge on any atom is 0.237 e. The summed E-state index contributed by atoms with van der Waals surface area (Å²) in [5, 5.41) is 28.1. The van der Waals surface area contributed by atoms with Gasteiger partial charge >= 0.3 is 0 Å². The first-order valence-electron chi connectivity index (χ1n) is 12.1. The third-order valence-corrected chi connectivity index (χ3v) is 7.55. The summed E-state index contributed by atoms with van der Waals surface area (Å²) >= 11 is 12.3. The Labute approximate surface area is 225 Å². The van der Waals surface area contributed by atoms with E-state index in [-0.39, 0.29) is 29.3 Å². The Kier molecular flexibility index (Phi) is 7.84. The third kappa shape index (κ3) is 5.20. The topological polar surface area (TPSA) is 124 Å². The minimum absolute atomic E-state index is 0.114. The Morgan fingerprint density at radius 3 is 2.65 bits per heavy atom. The molecule has 5 N–H and O–H groups in total. The molecule has 0 bridgehead atoms. The van der Waals surface area contributed by atoms with Crippen molar-refractivity contribution in [1.82, 2.24) is 15.6 Å². The predicted molar refractivity (Wildman–Crippen MR) is 139 cm³/mol. The number of halogens is 3. The number of hydrogen-bond acceptors (Lipinski definition) is 6. The fraction of sp³-hybridized carbons (Fsp3) is 0.500. The molecular formula is C26H31Cl2FN4O4. The minimum Gasteiger partial charge on any atom is -0.394 e. The lowest BCUT2D eigenvalue weighted by Crippen LogP contribution is -2.49. The van der Waals surface area contributed by atoms with E-state index in [1.807, 2.05) is 20.8 Å². The van der Waals surface area contributed by atoms with Crippen molar-refractivity contribution in [2.75, 3.05) is 18.5 Å². The number of carbonyl (C=O) groups is 2. The number of amides is 2. The Bertz CT molecular complexity index is 1210. The molecule has 11 heteroatoms. The fourth-order valence-electron chi connectivity index (χ4n) is 5.60. The number of aliphatic hydroxyl groups excluding tert-OH is 2. The highest BCUT2D eigenvalue weighted by atomic mass is 35.5. The molecule has 0 unspecified atom stereocenters. The number of nitrogens with zero attached hydrogens (tertiary/aromatic N) is 1. The van der Waals surface area contributed by atoms with Crippen molar-refractivity contribution in [2.45, 2.75) is 63.1 Å². The van der Waals surface area contributed by atoms with Gasteiger partial charge in [0, 0.05) is 36.6 Å². The molecule has 1 aromatic carbocycles. The number of aromatic nitrogens is 1. The van der Waals surface area contributed by atoms with Crippen LogP contribution in [-0.4, -0.2) is 58.4 Å². The molecule has 2 aliphatic heterocycles. The summed E-state index contributed by atoms with van der Waals surface area (Å²) in [5.74, 6) is -2.24. The van der Waals surface area contributed by atoms with E-state index < -0.39 is 47.9 Å². The van der Waals surface area contributed by atoms with Gasteiger partial charge in [0.25, 0.3) is 0 Å². The molecule has 1 fully saturated rings. The van der Waals surface area contributed by atoms with Gasteiger partial charge in [-0.2, -0.15) is 0 Å². The summed E-state index contributed by atoms with van der Waals surface area (Å²) in [6, 6.07) is 2.86. The van der Waals surface area contributed by atoms with Gasteiger partial charge in [0.15, 0.2) is 0 Å². The Hall–Kier alpha value is -2.30. The second-order valence-electron chi connectivity index (χ2n) is 10.9. The van der Waals surface area contributed by atoms with Gasteiger partial charge in [-0.25, -0.2) is 4.39 Å². The smallest absolute Gasteiger partial charge is 0.237 e. The number of rotatable bonds is 7. The Balaban J connectivity index is 1.89. The van der Waals surface area contributed by atoms with Crippen LogP contribution in [0.25, 0.3) is 0 Å². The van der Waals surface area contributed by atoms with E-state index in [0.717, 1.165) is 0 Å². The number of anilines is 1. The number of carbonyl (C=O) groups excluding carboxylic acids is 2. The highest BCUT2D eigenvalue weighted by Crippen LogP contribution is 2.56. The molecule has 8 nitrogen and oxygen atoms in total. The quantitative estimate of drug-likeness (QED) is 0.359. The molecule has 2 aliphatic rings. The SMILES string of the molecule is CC(C)(C)C[C@H]1N[C@@H](C(=O)NCC[C@H](O)CO)[C@H](c2cncc(Cl)c2)[C@@]12C(=O)Nc1cc(Cl)c(F)cc12. The van der Waals surface area contributed by atoms with Gasteiger partial charge in [0.2, 0.25) is 11.8 Å². The van der Waals surface area contributed by atoms with Crippen LogP contribution >= 0.6 is 23.2 Å². The standard InChI is InChI=1S/C26H31Cl2FN4O4/c1-25(2,3)9-20-26(16-7-18(29)17(28)8-19(16)32-24(26)37)21(13-6-14(27)11-30-10-13)22(33-20)23(36)31-5-4-15(35)12-34/h6-8,10-11,15,20-22,33-35H,4-5,9,12H2,1-3H3,(H,31,36)(H,32,37)/t15-,20+,21-,22+,26-/m0/s1. The lowest BCUT2D eigenvalue weighted by atomic mass is 9.62. The number of aliphatic hydroxyl groups is 2. The molecule has 37 heavy (non-hydrogen) atoms. The summed E-state index contributed by atoms with van der Waals surface area (Å²) in [6.07, 6.45) is 2.70. The van der Waals surface area contributed by atoms with Gasteiger partial charge in [0.05, 0.1) is 28.8 Å². The summed E-state index contributed by atoms with van der Waals surface area (Å²) in [7, 11) is 0. The summed E-state index contributed by atoms with van der Waals surface area (Å²) < 4.78 is 14.9. The van der Waals surface area contributed by atoms with E-state index in [4.69, 9.17) is 28.3 Å². The van der Waals surface area contributed by atoms with E-state index in [1.54, 1.807) is 12.3 Å². The lowest BCUT2D eigenvalue weighted by molar-refractivity contribution is -0.124. The van der Waals surface area contributed by atoms with E-state index >= 15 is 0 Å². The van der Waals surface area contributed by atoms with Crippen LogP contribution in [0, 0.1) is 11.2 Å². The number of benzene rings is 1. The van der Waals surface area contributed by atoms with Crippen LogP contribution in [0.5, 0.6) is 0 Å². The van der Waals surface area contributed by atoms with Crippen molar-refractivity contribution < 1.29 is 24.2 Å². The average molecular weight is 553 g/mol. The Morgan fingerprint density at radius 2 is 2.00 bits per heavy atom. The largest absolute Gasteiger partial charge is 0.394 e. The van der Waals surface area contributed by atoms with Crippen molar-refractivity contribution in [2.24, 2.45) is 5.41 Å². The average Bonchev–Trinajstić information content (AvgIpc) is 3.28. The second-order valence-corrected chi connectivity index (χ2v) is 11.8. The van der Waals surface area contributed by atoms with Crippen molar-refractivity contribution in [3.8, 4) is 0 Å². The van der Waals surface area contributed by atoms with Crippen LogP contribution in [-0.2, 0) is 15.0 Å². The molecule has 4 rings (SSSR count). The molecule has 1 aromatic heterocycles. The zero-order valence-electron chi connectivity index (χ0n) is 20.8. The molecule has 2 amide bonds. The molecule has 0 saturated carbocycles. The van der Waals surface area contributed by atoms with Crippen LogP contribution in [0.15, 0.2) is 30.6 Å². The van der Waals surface area contributed by atoms with Crippen LogP contribution in [0.1, 0.15) is 50.7 Å². The second kappa shape index (κ2) is 10.5. The molecule has 2 aromatic rings. The molecule has 1 saturated heterocycles. The van der Waals surface area contributed by atoms with Gasteiger partial charge in [-0.15, -0.1) is 0 Å². The number of hydrogen-bond donors (Lipinski definition) is 5. The minimum atomic E-state index is -1.37. The first-order valence-corrected chi connectivity index (χ1v) is 12.9. The molecule has 0 radical (unpaired) electrons. The normalized spacial score (nSPS) is 25.7. The molecule has 3 heterocycles. The fourth-order valence-corrected chi connectivity index (χ4v) is 5.94. The zero-order valence-corrected chi connectivity index (χ0v) is 22.3. The van der Waals surface area contributed by atoms with Crippen molar-refractivity contribution in [3.63, 3.8) is 0 Å². The maximum absolute atomic E-state index is 14.9. The number of nitrogens with one attached hydrogen (secondary N) is 3. The van der Waals surface area contributed by atoms with Crippen molar-refractivity contribution in [1.29, 1.82) is 0 Å². The van der Waals surface area contributed by atoms with Gasteiger partial charge < -0.3 is 26.2 Å². The zero-order chi connectivity index (χ0) is 27.1. The summed E-state index contributed by atoms with van der Waals surface area (Å²) in [4.78, 5) is 31.8. The van der Waals surface area contributed by atoms with Crippen molar-refractivity contribution in [3.05, 3.63) is 57.6 Å². The maximum atomic E-state index is 14.9. The molecule has 0 aliphatic carbocycles. The first kappa shape index (κ1) is 27.7. The van der Waals surface area contributed by atoms with Crippen LogP contribution < -0.4 is 16.0 Å². The molecular weight excluding hydrogens is 522 g/mol. The van der Waals surface area contributed by atoms with E-state index in [0.29, 0.717) is 28.3 Å². The molecule has 1 spiro atoms. The highest BCUT2D eigenvalue weighted by molar-refractivity contribution is 6.31. The molecule has 200 valence electrons. The number of fused-ring (bicyclic) bond motifs is 2. The van der Waals surface area contributed by atoms with E-state index in [2.05, 4.69) is 20.9 Å². The number of pyridine rings is 1. The summed E-state index contributed by atoms with van der Waals surface area (Å²) in [6.45, 7) is 5.77. The monoisotopic (exact) mass is 552 g/mol. The van der Waals surface area contributed by atoms with Crippen LogP contribution in [0.2, 0.25) is 10.0 Å². The third-order valence-electron chi connectivity index (χ3n) is 7.06. The van der Waals surface area contributed by atoms with Gasteiger partial charge in [0.1, 0.15) is 11.2 Å². The van der Waals surface area contributed by atoms with Crippen molar-refractivity contribution >= 4 is 40.7 Å². The summed E-state index contributed by atoms with van der Waals surface area (Å²) in [5.41, 5.74) is -0.272. The van der Waals surface area contributed by atoms with Gasteiger partial charge in [-0.1, -0.05) is 44.0 Å². The molecule has 5 atom stereocenters. The highest BCUT2D eigenvalue weighted by Gasteiger charge is 2.66. The Morgan fingerprint density at radius 1 is 1.27 bits per heavy atom. The van der Waals surface area contributed by atoms with Crippen LogP contribution in [0.4, 0.5) is 10.1 Å².